The maximum absolute atomic E-state index is 12.8. The van der Waals surface area contributed by atoms with Gasteiger partial charge in [0.2, 0.25) is 15.7 Å². The Morgan fingerprint density at radius 2 is 1.86 bits per heavy atom. The molecule has 1 aromatic heterocycles. The van der Waals surface area contributed by atoms with E-state index >= 15 is 0 Å². The molecule has 0 saturated carbocycles. The molecule has 3 rings (SSSR count). The molecule has 0 radical (unpaired) electrons. The molecule has 1 N–H and O–H groups in total. The molecule has 0 saturated heterocycles. The summed E-state index contributed by atoms with van der Waals surface area (Å²) in [6, 6.07) is 15.3. The smallest absolute Gasteiger partial charge is 0.267 e. The number of nitrogens with one attached hydrogen (secondary N) is 1. The van der Waals surface area contributed by atoms with Gasteiger partial charge in [-0.15, -0.1) is 0 Å². The Hall–Kier alpha value is -3.46. The lowest BCUT2D eigenvalue weighted by Crippen LogP contribution is -2.30. The minimum Gasteiger partial charge on any atom is -0.497 e. The lowest BCUT2D eigenvalue weighted by Gasteiger charge is -2.10. The van der Waals surface area contributed by atoms with Crippen molar-refractivity contribution in [3.05, 3.63) is 76.6 Å². The third-order valence-corrected chi connectivity index (χ3v) is 5.71. The number of nitrogens with zero attached hydrogens (tertiary/aromatic N) is 2. The van der Waals surface area contributed by atoms with E-state index in [0.717, 1.165) is 22.4 Å². The molecule has 0 fully saturated rings. The molecule has 1 heterocycles. The molecule has 9 heteroatoms. The number of carbonyl (C=O) groups excluding carboxylic acids is 1. The van der Waals surface area contributed by atoms with Crippen LogP contribution in [0.25, 0.3) is 0 Å². The summed E-state index contributed by atoms with van der Waals surface area (Å²) in [7, 11) is -2.42. The van der Waals surface area contributed by atoms with E-state index in [1.807, 2.05) is 0 Å². The Morgan fingerprint density at radius 3 is 2.59 bits per heavy atom. The minimum absolute atomic E-state index is 0.0658. The first-order chi connectivity index (χ1) is 13.8. The van der Waals surface area contributed by atoms with Gasteiger partial charge < -0.3 is 10.1 Å². The number of benzene rings is 2. The van der Waals surface area contributed by atoms with Gasteiger partial charge in [0.25, 0.3) is 5.56 Å². The van der Waals surface area contributed by atoms with Crippen LogP contribution < -0.4 is 15.6 Å². The highest BCUT2D eigenvalue weighted by Gasteiger charge is 2.21. The molecule has 0 unspecified atom stereocenters. The first-order valence-electron chi connectivity index (χ1n) is 8.63. The summed E-state index contributed by atoms with van der Waals surface area (Å²) in [4.78, 5) is 24.5. The first kappa shape index (κ1) is 20.3. The largest absolute Gasteiger partial charge is 0.497 e. The van der Waals surface area contributed by atoms with Crippen molar-refractivity contribution in [1.29, 1.82) is 0 Å². The van der Waals surface area contributed by atoms with E-state index in [1.54, 1.807) is 43.3 Å². The summed E-state index contributed by atoms with van der Waals surface area (Å²) in [5.41, 5.74) is 0.664. The highest BCUT2D eigenvalue weighted by Crippen LogP contribution is 2.19. The van der Waals surface area contributed by atoms with Crippen molar-refractivity contribution >= 4 is 21.4 Å². The Labute approximate surface area is 167 Å². The third kappa shape index (κ3) is 4.69. The predicted octanol–water partition coefficient (Wildman–Crippen LogP) is 2.03. The maximum Gasteiger partial charge on any atom is 0.267 e. The summed E-state index contributed by atoms with van der Waals surface area (Å²) in [6.45, 7) is 1.34. The summed E-state index contributed by atoms with van der Waals surface area (Å²) in [6.07, 6.45) is 0. The molecule has 0 aliphatic rings. The normalized spacial score (nSPS) is 11.1. The van der Waals surface area contributed by atoms with Crippen LogP contribution in [0.15, 0.2) is 75.4 Å². The van der Waals surface area contributed by atoms with Gasteiger partial charge in [-0.25, -0.2) is 13.1 Å². The Morgan fingerprint density at radius 1 is 1.10 bits per heavy atom. The topological polar surface area (TPSA) is 107 Å². The Balaban J connectivity index is 1.85. The quantitative estimate of drug-likeness (QED) is 0.663. The second-order valence-corrected chi connectivity index (χ2v) is 8.16. The fourth-order valence-corrected chi connectivity index (χ4v) is 3.92. The van der Waals surface area contributed by atoms with E-state index in [4.69, 9.17) is 4.74 Å². The zero-order chi connectivity index (χ0) is 21.0. The number of aromatic nitrogens is 2. The van der Waals surface area contributed by atoms with Crippen molar-refractivity contribution in [3.63, 3.8) is 0 Å². The number of sulfone groups is 1. The number of carbonyl (C=O) groups is 1. The molecule has 0 bridgehead atoms. The Kier molecular flexibility index (Phi) is 5.79. The molecule has 8 nitrogen and oxygen atoms in total. The fraction of sp³-hybridized carbons (Fsp3) is 0.150. The number of ether oxygens (including phenoxy) is 1. The van der Waals surface area contributed by atoms with Gasteiger partial charge in [-0.3, -0.25) is 9.59 Å². The van der Waals surface area contributed by atoms with Crippen LogP contribution in [-0.2, 0) is 21.2 Å². The van der Waals surface area contributed by atoms with Gasteiger partial charge >= 0.3 is 0 Å². The molecule has 150 valence electrons. The SMILES string of the molecule is COc1cccc(NC(=O)Cn2nc(S(=O)(=O)c3cccc(C)c3)ccc2=O)c1. The number of anilines is 1. The molecule has 0 aliphatic carbocycles. The van der Waals surface area contributed by atoms with Crippen LogP contribution in [-0.4, -0.2) is 31.2 Å². The van der Waals surface area contributed by atoms with Gasteiger partial charge in [0, 0.05) is 17.8 Å². The van der Waals surface area contributed by atoms with Gasteiger partial charge in [-0.05, 0) is 42.8 Å². The van der Waals surface area contributed by atoms with Gasteiger partial charge in [0.1, 0.15) is 12.3 Å². The van der Waals surface area contributed by atoms with E-state index in [-0.39, 0.29) is 9.92 Å². The summed E-state index contributed by atoms with van der Waals surface area (Å²) < 4.78 is 31.5. The number of hydrogen-bond acceptors (Lipinski definition) is 6. The van der Waals surface area contributed by atoms with Crippen molar-refractivity contribution < 1.29 is 17.9 Å². The highest BCUT2D eigenvalue weighted by atomic mass is 32.2. The molecular formula is C20H19N3O5S. The van der Waals surface area contributed by atoms with Crippen LogP contribution in [0.5, 0.6) is 5.75 Å². The second-order valence-electron chi connectivity index (χ2n) is 6.27. The van der Waals surface area contributed by atoms with Crippen molar-refractivity contribution in [2.75, 3.05) is 12.4 Å². The van der Waals surface area contributed by atoms with Crippen molar-refractivity contribution in [2.24, 2.45) is 0 Å². The first-order valence-corrected chi connectivity index (χ1v) is 10.1. The van der Waals surface area contributed by atoms with Gasteiger partial charge in [0.15, 0.2) is 5.03 Å². The summed E-state index contributed by atoms with van der Waals surface area (Å²) in [5.74, 6) is 0.0299. The van der Waals surface area contributed by atoms with E-state index in [0.29, 0.717) is 11.4 Å². The van der Waals surface area contributed by atoms with Crippen LogP contribution in [0.2, 0.25) is 0 Å². The van der Waals surface area contributed by atoms with Crippen LogP contribution in [0.4, 0.5) is 5.69 Å². The molecule has 0 spiro atoms. The number of hydrogen-bond donors (Lipinski definition) is 1. The highest BCUT2D eigenvalue weighted by molar-refractivity contribution is 7.91. The standard InChI is InChI=1S/C20H19N3O5S/c1-14-5-3-8-17(11-14)29(26,27)19-9-10-20(25)23(22-19)13-18(24)21-15-6-4-7-16(12-15)28-2/h3-12H,13H2,1-2H3,(H,21,24). The van der Waals surface area contributed by atoms with E-state index in [9.17, 15) is 18.0 Å². The molecule has 0 aliphatic heterocycles. The molecular weight excluding hydrogens is 394 g/mol. The lowest BCUT2D eigenvalue weighted by molar-refractivity contribution is -0.117. The summed E-state index contributed by atoms with van der Waals surface area (Å²) in [5, 5.41) is 6.21. The molecule has 0 atom stereocenters. The minimum atomic E-state index is -3.92. The van der Waals surface area contributed by atoms with Crippen molar-refractivity contribution in [2.45, 2.75) is 23.4 Å². The number of methoxy groups -OCH3 is 1. The zero-order valence-corrected chi connectivity index (χ0v) is 16.6. The molecule has 29 heavy (non-hydrogen) atoms. The summed E-state index contributed by atoms with van der Waals surface area (Å²) >= 11 is 0. The van der Waals surface area contributed by atoms with Gasteiger partial charge in [-0.1, -0.05) is 18.2 Å². The predicted molar refractivity (Wildman–Crippen MR) is 107 cm³/mol. The number of amides is 1. The average Bonchev–Trinajstić information content (AvgIpc) is 2.69. The van der Waals surface area contributed by atoms with Crippen LogP contribution >= 0.6 is 0 Å². The molecule has 1 amide bonds. The van der Waals surface area contributed by atoms with Gasteiger partial charge in [0.05, 0.1) is 12.0 Å². The monoisotopic (exact) mass is 413 g/mol. The lowest BCUT2D eigenvalue weighted by atomic mass is 10.2. The molecule has 3 aromatic rings. The van der Waals surface area contributed by atoms with Gasteiger partial charge in [-0.2, -0.15) is 5.10 Å². The van der Waals surface area contributed by atoms with Crippen molar-refractivity contribution in [3.8, 4) is 5.75 Å². The van der Waals surface area contributed by atoms with Crippen LogP contribution in [0, 0.1) is 6.92 Å². The zero-order valence-electron chi connectivity index (χ0n) is 15.8. The van der Waals surface area contributed by atoms with Crippen LogP contribution in [0.3, 0.4) is 0 Å². The van der Waals surface area contributed by atoms with E-state index in [2.05, 4.69) is 10.4 Å². The third-order valence-electron chi connectivity index (χ3n) is 4.06. The number of aryl methyl sites for hydroxylation is 1. The van der Waals surface area contributed by atoms with Crippen molar-refractivity contribution in [1.82, 2.24) is 9.78 Å². The average molecular weight is 413 g/mol. The maximum atomic E-state index is 12.8. The fourth-order valence-electron chi connectivity index (χ4n) is 2.63. The number of rotatable bonds is 6. The van der Waals surface area contributed by atoms with Crippen LogP contribution in [0.1, 0.15) is 5.56 Å². The Bertz CT molecular complexity index is 1220. The molecule has 2 aromatic carbocycles. The second kappa shape index (κ2) is 8.27. The van der Waals surface area contributed by atoms with E-state index < -0.39 is 27.8 Å². The van der Waals surface area contributed by atoms with E-state index in [1.165, 1.54) is 19.2 Å².